The zero-order valence-electron chi connectivity index (χ0n) is 21.1. The van der Waals surface area contributed by atoms with E-state index in [4.69, 9.17) is 13.6 Å². The van der Waals surface area contributed by atoms with Gasteiger partial charge in [0.2, 0.25) is 0 Å². The van der Waals surface area contributed by atoms with Crippen molar-refractivity contribution in [2.24, 2.45) is 0 Å². The van der Waals surface area contributed by atoms with Crippen molar-refractivity contribution in [3.05, 3.63) is 32.6 Å². The van der Waals surface area contributed by atoms with Gasteiger partial charge < -0.3 is 13.6 Å². The topological polar surface area (TPSA) is 82.6 Å². The van der Waals surface area contributed by atoms with E-state index in [1.807, 2.05) is 0 Å². The molecule has 1 N–H and O–H groups in total. The van der Waals surface area contributed by atoms with Crippen molar-refractivity contribution in [3.63, 3.8) is 0 Å². The zero-order chi connectivity index (χ0) is 23.9. The summed E-state index contributed by atoms with van der Waals surface area (Å²) in [6, 6.07) is 2.39. The first kappa shape index (κ1) is 25.6. The van der Waals surface area contributed by atoms with Crippen LogP contribution in [0.5, 0.6) is 0 Å². The molecule has 182 valence electrons. The molecule has 0 saturated carbocycles. The minimum atomic E-state index is -1.96. The Balaban J connectivity index is 1.86. The van der Waals surface area contributed by atoms with E-state index in [1.54, 1.807) is 13.1 Å². The van der Waals surface area contributed by atoms with E-state index in [2.05, 4.69) is 52.7 Å². The van der Waals surface area contributed by atoms with Crippen molar-refractivity contribution >= 4 is 16.6 Å². The predicted molar refractivity (Wildman–Crippen MR) is 132 cm³/mol. The number of ether oxygens (including phenoxy) is 1. The molecule has 1 aromatic heterocycles. The van der Waals surface area contributed by atoms with Gasteiger partial charge >= 0.3 is 5.69 Å². The molecule has 0 radical (unpaired) electrons. The highest BCUT2D eigenvalue weighted by Crippen LogP contribution is 2.44. The lowest BCUT2D eigenvalue weighted by molar-refractivity contribution is -0.0411. The molecule has 7 nitrogen and oxygen atoms in total. The van der Waals surface area contributed by atoms with Gasteiger partial charge in [-0.05, 0) is 42.7 Å². The van der Waals surface area contributed by atoms with Gasteiger partial charge in [0.05, 0.1) is 12.7 Å². The average molecular weight is 483 g/mol. The third-order valence-corrected chi connectivity index (χ3v) is 17.7. The number of hydrogen-bond acceptors (Lipinski definition) is 5. The fraction of sp³-hybridized carbons (Fsp3) is 0.826. The lowest BCUT2D eigenvalue weighted by Crippen LogP contribution is -2.47. The molecule has 2 saturated heterocycles. The van der Waals surface area contributed by atoms with Crippen LogP contribution in [-0.2, 0) is 13.6 Å². The third-order valence-electron chi connectivity index (χ3n) is 7.94. The summed E-state index contributed by atoms with van der Waals surface area (Å²) in [5, 5.41) is 0.105. The Morgan fingerprint density at radius 3 is 2.44 bits per heavy atom. The van der Waals surface area contributed by atoms with Gasteiger partial charge in [-0.1, -0.05) is 47.5 Å². The number of nitrogens with zero attached hydrogens (tertiary/aromatic N) is 1. The van der Waals surface area contributed by atoms with Gasteiger partial charge in [-0.25, -0.2) is 4.79 Å². The fourth-order valence-corrected chi connectivity index (χ4v) is 10.0. The molecule has 9 heteroatoms. The smallest absolute Gasteiger partial charge is 0.330 e. The van der Waals surface area contributed by atoms with Crippen LogP contribution in [0.25, 0.3) is 0 Å². The first-order chi connectivity index (χ1) is 14.8. The van der Waals surface area contributed by atoms with Crippen LogP contribution < -0.4 is 11.2 Å². The molecule has 0 bridgehead atoms. The summed E-state index contributed by atoms with van der Waals surface area (Å²) in [5.41, 5.74) is 0.249. The van der Waals surface area contributed by atoms with Crippen LogP contribution in [0.1, 0.15) is 65.7 Å². The Morgan fingerprint density at radius 1 is 1.25 bits per heavy atom. The quantitative estimate of drug-likeness (QED) is 0.570. The predicted octanol–water partition coefficient (Wildman–Crippen LogP) is 4.69. The van der Waals surface area contributed by atoms with Crippen molar-refractivity contribution in [3.8, 4) is 0 Å². The van der Waals surface area contributed by atoms with Crippen molar-refractivity contribution < 1.29 is 13.6 Å². The van der Waals surface area contributed by atoms with Gasteiger partial charge in [0.25, 0.3) is 5.56 Å². The molecule has 32 heavy (non-hydrogen) atoms. The normalized spacial score (nSPS) is 26.2. The zero-order valence-corrected chi connectivity index (χ0v) is 23.1. The molecule has 2 aliphatic rings. The van der Waals surface area contributed by atoms with E-state index >= 15 is 0 Å². The van der Waals surface area contributed by atoms with Crippen LogP contribution in [0, 0.1) is 6.92 Å². The van der Waals surface area contributed by atoms with Gasteiger partial charge in [0.15, 0.2) is 16.6 Å². The lowest BCUT2D eigenvalue weighted by atomic mass is 10.2. The van der Waals surface area contributed by atoms with E-state index in [0.717, 1.165) is 0 Å². The molecular formula is C23H42N2O5Si2. The number of aromatic amines is 1. The van der Waals surface area contributed by atoms with Gasteiger partial charge in [-0.3, -0.25) is 14.3 Å². The van der Waals surface area contributed by atoms with Gasteiger partial charge in [0, 0.05) is 18.2 Å². The van der Waals surface area contributed by atoms with Crippen LogP contribution in [0.4, 0.5) is 0 Å². The summed E-state index contributed by atoms with van der Waals surface area (Å²) < 4.78 is 21.4. The molecule has 3 rings (SSSR count). The van der Waals surface area contributed by atoms with Crippen molar-refractivity contribution in [1.82, 2.24) is 9.55 Å². The number of rotatable bonds is 7. The maximum atomic E-state index is 12.5. The van der Waals surface area contributed by atoms with Gasteiger partial charge in [-0.2, -0.15) is 0 Å². The summed E-state index contributed by atoms with van der Waals surface area (Å²) in [4.78, 5) is 26.8. The molecule has 0 amide bonds. The Morgan fingerprint density at radius 2 is 1.88 bits per heavy atom. The van der Waals surface area contributed by atoms with Crippen LogP contribution in [0.15, 0.2) is 15.8 Å². The first-order valence-electron chi connectivity index (χ1n) is 12.0. The number of aryl methyl sites for hydroxylation is 1. The largest absolute Gasteiger partial charge is 0.414 e. The minimum Gasteiger partial charge on any atom is -0.414 e. The van der Waals surface area contributed by atoms with Crippen molar-refractivity contribution in [2.45, 2.75) is 115 Å². The Bertz CT molecular complexity index is 912. The molecular weight excluding hydrogens is 440 g/mol. The molecule has 0 aliphatic carbocycles. The highest BCUT2D eigenvalue weighted by Gasteiger charge is 2.48. The second kappa shape index (κ2) is 9.33. The van der Waals surface area contributed by atoms with Gasteiger partial charge in [-0.15, -0.1) is 0 Å². The van der Waals surface area contributed by atoms with E-state index < -0.39 is 28.6 Å². The lowest BCUT2D eigenvalue weighted by Gasteiger charge is -2.39. The summed E-state index contributed by atoms with van der Waals surface area (Å²) in [7, 11) is -3.82. The monoisotopic (exact) mass is 482 g/mol. The third kappa shape index (κ3) is 5.22. The molecule has 2 aliphatic heterocycles. The highest BCUT2D eigenvalue weighted by molar-refractivity contribution is 6.75. The molecule has 2 fully saturated rings. The van der Waals surface area contributed by atoms with Crippen LogP contribution in [-0.4, -0.2) is 45.0 Å². The minimum absolute atomic E-state index is 0.101. The fourth-order valence-electron chi connectivity index (χ4n) is 4.56. The highest BCUT2D eigenvalue weighted by atomic mass is 28.4. The van der Waals surface area contributed by atoms with E-state index in [9.17, 15) is 9.59 Å². The second-order valence-electron chi connectivity index (χ2n) is 11.5. The number of hydrogen-bond donors (Lipinski definition) is 1. The number of nitrogens with one attached hydrogen (secondary N) is 1. The van der Waals surface area contributed by atoms with Crippen molar-refractivity contribution in [2.75, 3.05) is 6.61 Å². The Labute approximate surface area is 194 Å². The Kier molecular flexibility index (Phi) is 7.47. The Hall–Kier alpha value is -1.01. The summed E-state index contributed by atoms with van der Waals surface area (Å²) in [6.45, 7) is 17.9. The molecule has 3 heterocycles. The average Bonchev–Trinajstić information content (AvgIpc) is 3.30. The van der Waals surface area contributed by atoms with E-state index in [-0.39, 0.29) is 22.8 Å². The first-order valence-corrected chi connectivity index (χ1v) is 17.4. The molecule has 3 atom stereocenters. The van der Waals surface area contributed by atoms with Gasteiger partial charge in [0.1, 0.15) is 12.3 Å². The molecule has 1 aromatic rings. The van der Waals surface area contributed by atoms with Crippen LogP contribution in [0.3, 0.4) is 0 Å². The maximum Gasteiger partial charge on any atom is 0.330 e. The second-order valence-corrected chi connectivity index (χ2v) is 20.8. The summed E-state index contributed by atoms with van der Waals surface area (Å²) >= 11 is 0. The van der Waals surface area contributed by atoms with E-state index in [1.165, 1.54) is 29.5 Å². The molecule has 0 aromatic carbocycles. The SMILES string of the molecule is Cc1cn([C@@H]2CC(O[Si]3(C(C)C)CCCC3)[C@H](CO[Si](C)(C)C(C)(C)C)O2)c(=O)[nH]c1=O. The molecule has 1 unspecified atom stereocenters. The number of H-pyrrole nitrogens is 1. The van der Waals surface area contributed by atoms with Crippen LogP contribution in [0.2, 0.25) is 35.8 Å². The van der Waals surface area contributed by atoms with E-state index in [0.29, 0.717) is 24.1 Å². The summed E-state index contributed by atoms with van der Waals surface area (Å²) in [6.07, 6.45) is 3.89. The summed E-state index contributed by atoms with van der Waals surface area (Å²) in [5.74, 6) is 0. The number of aromatic nitrogens is 2. The molecule has 0 spiro atoms. The standard InChI is InChI=1S/C23H42N2O5Si2/c1-16(2)32(11-9-10-12-32)30-18-13-20(25-14-17(3)21(26)24-22(25)27)29-19(18)15-28-31(7,8)23(4,5)6/h14,16,18-20H,9-13,15H2,1-8H3,(H,24,26,27)/t18?,19-,20-/m0/s1. The van der Waals surface area contributed by atoms with Crippen LogP contribution >= 0.6 is 0 Å². The maximum absolute atomic E-state index is 12.5. The van der Waals surface area contributed by atoms with Crippen molar-refractivity contribution in [1.29, 1.82) is 0 Å².